The average molecular weight is 272 g/mol. The first-order chi connectivity index (χ1) is 8.27. The Labute approximate surface area is 119 Å². The van der Waals surface area contributed by atoms with Crippen molar-refractivity contribution in [1.29, 1.82) is 0 Å². The third-order valence-electron chi connectivity index (χ3n) is 2.73. The van der Waals surface area contributed by atoms with Crippen molar-refractivity contribution in [2.24, 2.45) is 4.99 Å². The van der Waals surface area contributed by atoms with Crippen molar-refractivity contribution < 1.29 is 0 Å². The Morgan fingerprint density at radius 3 is 2.00 bits per heavy atom. The van der Waals surface area contributed by atoms with E-state index in [0.29, 0.717) is 0 Å². The first-order valence-corrected chi connectivity index (χ1v) is 8.46. The summed E-state index contributed by atoms with van der Waals surface area (Å²) in [6.07, 6.45) is 10.4. The van der Waals surface area contributed by atoms with E-state index in [1.807, 2.05) is 11.8 Å². The van der Waals surface area contributed by atoms with Crippen molar-refractivity contribution in [2.45, 2.75) is 90.4 Å². The van der Waals surface area contributed by atoms with Crippen LogP contribution in [0.3, 0.4) is 0 Å². The van der Waals surface area contributed by atoms with Gasteiger partial charge in [-0.2, -0.15) is 0 Å². The minimum absolute atomic E-state index is 0.0536. The second-order valence-electron chi connectivity index (χ2n) is 6.65. The number of unbranched alkanes of at least 4 members (excludes halogenated alkanes) is 5. The summed E-state index contributed by atoms with van der Waals surface area (Å²) in [6.45, 7) is 13.3. The number of nitrogens with zero attached hydrogens (tertiary/aromatic N) is 1. The van der Waals surface area contributed by atoms with Crippen LogP contribution in [0.2, 0.25) is 0 Å². The maximum atomic E-state index is 4.62. The zero-order valence-electron chi connectivity index (χ0n) is 13.4. The fourth-order valence-corrected chi connectivity index (χ4v) is 2.61. The van der Waals surface area contributed by atoms with E-state index in [1.165, 1.54) is 44.3 Å². The molecule has 0 unspecified atom stereocenters. The van der Waals surface area contributed by atoms with Gasteiger partial charge in [-0.25, -0.2) is 0 Å². The molecule has 0 aliphatic carbocycles. The number of aliphatic imine (C=N–C) groups is 1. The van der Waals surface area contributed by atoms with E-state index in [2.05, 4.69) is 52.7 Å². The summed E-state index contributed by atoms with van der Waals surface area (Å²) < 4.78 is 0.177. The zero-order chi connectivity index (χ0) is 14.1. The summed E-state index contributed by atoms with van der Waals surface area (Å²) in [7, 11) is 0. The molecule has 0 aromatic heterocycles. The molecule has 0 saturated carbocycles. The molecule has 0 bridgehead atoms. The lowest BCUT2D eigenvalue weighted by atomic mass is 10.1. The Bertz CT molecular complexity index is 226. The molecule has 108 valence electrons. The highest BCUT2D eigenvalue weighted by Crippen LogP contribution is 2.25. The first kappa shape index (κ1) is 18.0. The van der Waals surface area contributed by atoms with Gasteiger partial charge in [-0.05, 0) is 46.8 Å². The fourth-order valence-electron chi connectivity index (χ4n) is 1.60. The Hall–Kier alpha value is 0.0200. The van der Waals surface area contributed by atoms with Crippen molar-refractivity contribution >= 4 is 18.0 Å². The van der Waals surface area contributed by atoms with Gasteiger partial charge in [0.1, 0.15) is 0 Å². The van der Waals surface area contributed by atoms with Crippen LogP contribution in [-0.2, 0) is 0 Å². The molecular weight excluding hydrogens is 238 g/mol. The number of rotatable bonds is 9. The van der Waals surface area contributed by atoms with E-state index in [9.17, 15) is 0 Å². The molecule has 0 N–H and O–H groups in total. The van der Waals surface area contributed by atoms with Gasteiger partial charge in [0.25, 0.3) is 0 Å². The van der Waals surface area contributed by atoms with Crippen LogP contribution < -0.4 is 0 Å². The summed E-state index contributed by atoms with van der Waals surface area (Å²) in [6, 6.07) is 0. The van der Waals surface area contributed by atoms with Crippen LogP contribution in [0.25, 0.3) is 0 Å². The van der Waals surface area contributed by atoms with Crippen LogP contribution >= 0.6 is 11.8 Å². The second-order valence-corrected chi connectivity index (χ2v) is 8.40. The van der Waals surface area contributed by atoms with Gasteiger partial charge in [0.15, 0.2) is 0 Å². The number of hydrogen-bond acceptors (Lipinski definition) is 2. The smallest absolute Gasteiger partial charge is 0.0520 e. The lowest BCUT2D eigenvalue weighted by Crippen LogP contribution is -2.21. The van der Waals surface area contributed by atoms with Crippen molar-refractivity contribution in [3.63, 3.8) is 0 Å². The molecule has 0 rings (SSSR count). The molecule has 2 heteroatoms. The highest BCUT2D eigenvalue weighted by atomic mass is 32.2. The van der Waals surface area contributed by atoms with Gasteiger partial charge in [0.2, 0.25) is 0 Å². The highest BCUT2D eigenvalue weighted by Gasteiger charge is 2.16. The van der Waals surface area contributed by atoms with E-state index in [-0.39, 0.29) is 10.3 Å². The third kappa shape index (κ3) is 12.5. The van der Waals surface area contributed by atoms with Crippen LogP contribution in [0.5, 0.6) is 0 Å². The van der Waals surface area contributed by atoms with Crippen molar-refractivity contribution in [1.82, 2.24) is 0 Å². The van der Waals surface area contributed by atoms with Gasteiger partial charge in [-0.1, -0.05) is 39.0 Å². The van der Waals surface area contributed by atoms with Crippen LogP contribution in [0.4, 0.5) is 0 Å². The number of hydrogen-bond donors (Lipinski definition) is 0. The van der Waals surface area contributed by atoms with E-state index >= 15 is 0 Å². The number of thioether (sulfide) groups is 1. The standard InChI is InChI=1S/C16H33NS/c1-7-8-9-10-11-12-13-18-16(5,6)14-17-15(2,3)4/h14H,7-13H2,1-6H3. The van der Waals surface area contributed by atoms with Gasteiger partial charge in [0, 0.05) is 11.0 Å². The zero-order valence-corrected chi connectivity index (χ0v) is 14.2. The highest BCUT2D eigenvalue weighted by molar-refractivity contribution is 8.01. The molecule has 1 nitrogen and oxygen atoms in total. The summed E-state index contributed by atoms with van der Waals surface area (Å²) in [5, 5.41) is 0. The molecule has 0 amide bonds. The summed E-state index contributed by atoms with van der Waals surface area (Å²) >= 11 is 2.03. The molecule has 0 radical (unpaired) electrons. The average Bonchev–Trinajstić information content (AvgIpc) is 2.25. The molecule has 0 atom stereocenters. The van der Waals surface area contributed by atoms with Crippen LogP contribution in [0.15, 0.2) is 4.99 Å². The van der Waals surface area contributed by atoms with E-state index in [4.69, 9.17) is 0 Å². The van der Waals surface area contributed by atoms with E-state index in [1.54, 1.807) is 0 Å². The second kappa shape index (κ2) is 9.01. The van der Waals surface area contributed by atoms with Gasteiger partial charge >= 0.3 is 0 Å². The Morgan fingerprint density at radius 2 is 1.44 bits per heavy atom. The molecule has 0 aromatic carbocycles. The largest absolute Gasteiger partial charge is 0.290 e. The van der Waals surface area contributed by atoms with Gasteiger partial charge in [-0.15, -0.1) is 11.8 Å². The Balaban J connectivity index is 3.68. The molecule has 0 heterocycles. The molecule has 0 spiro atoms. The van der Waals surface area contributed by atoms with Crippen molar-refractivity contribution in [2.75, 3.05) is 5.75 Å². The van der Waals surface area contributed by atoms with Crippen LogP contribution in [0, 0.1) is 0 Å². The molecular formula is C16H33NS. The molecule has 0 aliphatic rings. The maximum Gasteiger partial charge on any atom is 0.0520 e. The predicted octanol–water partition coefficient (Wildman–Crippen LogP) is 5.73. The normalized spacial score (nSPS) is 13.4. The first-order valence-electron chi connectivity index (χ1n) is 7.47. The molecule has 0 saturated heterocycles. The molecule has 0 fully saturated rings. The third-order valence-corrected chi connectivity index (χ3v) is 4.08. The van der Waals surface area contributed by atoms with E-state index in [0.717, 1.165) is 0 Å². The predicted molar refractivity (Wildman–Crippen MR) is 88.2 cm³/mol. The summed E-state index contributed by atoms with van der Waals surface area (Å²) in [5.74, 6) is 1.26. The quantitative estimate of drug-likeness (QED) is 0.385. The minimum Gasteiger partial charge on any atom is -0.290 e. The van der Waals surface area contributed by atoms with E-state index < -0.39 is 0 Å². The SMILES string of the molecule is CCCCCCCCSC(C)(C)C=NC(C)(C)C. The Morgan fingerprint density at radius 1 is 0.889 bits per heavy atom. The maximum absolute atomic E-state index is 4.62. The summed E-state index contributed by atoms with van der Waals surface area (Å²) in [5.41, 5.74) is 0.0536. The summed E-state index contributed by atoms with van der Waals surface area (Å²) in [4.78, 5) is 4.62. The lowest BCUT2D eigenvalue weighted by molar-refractivity contribution is 0.583. The van der Waals surface area contributed by atoms with Crippen LogP contribution in [-0.4, -0.2) is 22.3 Å². The lowest BCUT2D eigenvalue weighted by Gasteiger charge is -2.21. The monoisotopic (exact) mass is 271 g/mol. The van der Waals surface area contributed by atoms with Gasteiger partial charge < -0.3 is 0 Å². The minimum atomic E-state index is 0.0536. The van der Waals surface area contributed by atoms with Gasteiger partial charge in [-0.3, -0.25) is 4.99 Å². The van der Waals surface area contributed by atoms with Crippen LogP contribution in [0.1, 0.15) is 80.1 Å². The molecule has 0 aromatic rings. The Kier molecular flexibility index (Phi) is 9.02. The topological polar surface area (TPSA) is 12.4 Å². The fraction of sp³-hybridized carbons (Fsp3) is 0.938. The van der Waals surface area contributed by atoms with Crippen molar-refractivity contribution in [3.05, 3.63) is 0 Å². The molecule has 0 aliphatic heterocycles. The van der Waals surface area contributed by atoms with Gasteiger partial charge in [0.05, 0.1) is 5.54 Å². The van der Waals surface area contributed by atoms with Crippen molar-refractivity contribution in [3.8, 4) is 0 Å². The molecule has 18 heavy (non-hydrogen) atoms.